The van der Waals surface area contributed by atoms with E-state index in [2.05, 4.69) is 26.3 Å². The van der Waals surface area contributed by atoms with Gasteiger partial charge in [0.1, 0.15) is 17.9 Å². The Morgan fingerprint density at radius 2 is 2.00 bits per heavy atom. The molecule has 0 amide bonds. The molecule has 6 heteroatoms. The smallest absolute Gasteiger partial charge is 0.224 e. The predicted octanol–water partition coefficient (Wildman–Crippen LogP) is 3.23. The summed E-state index contributed by atoms with van der Waals surface area (Å²) in [6.07, 6.45) is 3.47. The third kappa shape index (κ3) is 4.21. The zero-order valence-corrected chi connectivity index (χ0v) is 13.6. The second-order valence-corrected chi connectivity index (χ2v) is 5.79. The topological polar surface area (TPSA) is 41.5 Å². The Morgan fingerprint density at radius 3 is 2.74 bits per heavy atom. The first kappa shape index (κ1) is 15.8. The van der Waals surface area contributed by atoms with Gasteiger partial charge in [-0.1, -0.05) is 23.7 Å². The van der Waals surface area contributed by atoms with Gasteiger partial charge >= 0.3 is 0 Å². The normalized spacial score (nSPS) is 15.4. The van der Waals surface area contributed by atoms with Crippen molar-refractivity contribution in [2.24, 2.45) is 0 Å². The van der Waals surface area contributed by atoms with Crippen LogP contribution < -0.4 is 9.64 Å². The summed E-state index contributed by atoms with van der Waals surface area (Å²) < 4.78 is 5.76. The van der Waals surface area contributed by atoms with E-state index in [9.17, 15) is 0 Å². The van der Waals surface area contributed by atoms with Crippen LogP contribution in [0.4, 0.5) is 5.82 Å². The summed E-state index contributed by atoms with van der Waals surface area (Å²) in [7, 11) is 0. The lowest BCUT2D eigenvalue weighted by Crippen LogP contribution is -2.46. The van der Waals surface area contributed by atoms with Crippen LogP contribution >= 0.6 is 11.6 Å². The van der Waals surface area contributed by atoms with Crippen LogP contribution in [0, 0.1) is 0 Å². The van der Waals surface area contributed by atoms with Gasteiger partial charge in [-0.25, -0.2) is 9.97 Å². The van der Waals surface area contributed by atoms with E-state index in [0.29, 0.717) is 16.7 Å². The molecular formula is C17H19ClN4O. The SMILES string of the molecule is C=CCN1CCN(c2cc(Oc3cccc(Cl)c3)ncn2)CC1. The minimum atomic E-state index is 0.519. The van der Waals surface area contributed by atoms with Crippen LogP contribution in [-0.4, -0.2) is 47.6 Å². The lowest BCUT2D eigenvalue weighted by atomic mass is 10.3. The minimum Gasteiger partial charge on any atom is -0.439 e. The summed E-state index contributed by atoms with van der Waals surface area (Å²) in [5.41, 5.74) is 0. The number of anilines is 1. The van der Waals surface area contributed by atoms with Crippen molar-refractivity contribution in [3.05, 3.63) is 54.3 Å². The van der Waals surface area contributed by atoms with E-state index in [-0.39, 0.29) is 0 Å². The zero-order valence-electron chi connectivity index (χ0n) is 12.9. The number of halogens is 1. The fourth-order valence-corrected chi connectivity index (χ4v) is 2.73. The summed E-state index contributed by atoms with van der Waals surface area (Å²) in [4.78, 5) is 13.2. The molecule has 1 aliphatic heterocycles. The van der Waals surface area contributed by atoms with Crippen LogP contribution in [0.5, 0.6) is 11.6 Å². The van der Waals surface area contributed by atoms with Gasteiger partial charge in [0.25, 0.3) is 0 Å². The molecule has 23 heavy (non-hydrogen) atoms. The van der Waals surface area contributed by atoms with Crippen molar-refractivity contribution in [2.75, 3.05) is 37.6 Å². The van der Waals surface area contributed by atoms with Crippen molar-refractivity contribution in [1.29, 1.82) is 0 Å². The van der Waals surface area contributed by atoms with E-state index in [1.54, 1.807) is 6.07 Å². The Morgan fingerprint density at radius 1 is 1.17 bits per heavy atom. The maximum Gasteiger partial charge on any atom is 0.224 e. The largest absolute Gasteiger partial charge is 0.439 e. The Kier molecular flexibility index (Phi) is 5.10. The quantitative estimate of drug-likeness (QED) is 0.787. The number of hydrogen-bond donors (Lipinski definition) is 0. The van der Waals surface area contributed by atoms with Crippen molar-refractivity contribution < 1.29 is 4.74 Å². The number of piperazine rings is 1. The van der Waals surface area contributed by atoms with Gasteiger partial charge in [-0.2, -0.15) is 0 Å². The first-order valence-electron chi connectivity index (χ1n) is 7.58. The van der Waals surface area contributed by atoms with Crippen molar-refractivity contribution in [1.82, 2.24) is 14.9 Å². The van der Waals surface area contributed by atoms with Crippen molar-refractivity contribution in [2.45, 2.75) is 0 Å². The van der Waals surface area contributed by atoms with Crippen LogP contribution in [0.2, 0.25) is 5.02 Å². The first-order chi connectivity index (χ1) is 11.2. The minimum absolute atomic E-state index is 0.519. The molecule has 2 heterocycles. The molecule has 0 atom stereocenters. The maximum atomic E-state index is 5.97. The van der Waals surface area contributed by atoms with Gasteiger partial charge in [0, 0.05) is 43.8 Å². The van der Waals surface area contributed by atoms with Gasteiger partial charge in [-0.15, -0.1) is 6.58 Å². The summed E-state index contributed by atoms with van der Waals surface area (Å²) in [6, 6.07) is 9.13. The van der Waals surface area contributed by atoms with E-state index >= 15 is 0 Å². The van der Waals surface area contributed by atoms with Gasteiger partial charge in [0.15, 0.2) is 0 Å². The third-order valence-corrected chi connectivity index (χ3v) is 3.96. The second-order valence-electron chi connectivity index (χ2n) is 5.35. The molecule has 3 rings (SSSR count). The highest BCUT2D eigenvalue weighted by atomic mass is 35.5. The molecule has 0 bridgehead atoms. The molecule has 120 valence electrons. The van der Waals surface area contributed by atoms with Crippen LogP contribution in [0.25, 0.3) is 0 Å². The Balaban J connectivity index is 1.67. The number of ether oxygens (including phenoxy) is 1. The highest BCUT2D eigenvalue weighted by molar-refractivity contribution is 6.30. The van der Waals surface area contributed by atoms with Gasteiger partial charge in [0.05, 0.1) is 0 Å². The molecule has 1 fully saturated rings. The molecule has 1 aromatic carbocycles. The van der Waals surface area contributed by atoms with Crippen molar-refractivity contribution in [3.8, 4) is 11.6 Å². The standard InChI is InChI=1S/C17H19ClN4O/c1-2-6-21-7-9-22(10-8-21)16-12-17(20-13-19-16)23-15-5-3-4-14(18)11-15/h2-5,11-13H,1,6-10H2. The number of benzene rings is 1. The second kappa shape index (κ2) is 7.44. The molecule has 2 aromatic rings. The van der Waals surface area contributed by atoms with Gasteiger partial charge in [-0.3, -0.25) is 4.90 Å². The van der Waals surface area contributed by atoms with E-state index < -0.39 is 0 Å². The molecule has 1 aliphatic rings. The molecule has 1 aromatic heterocycles. The summed E-state index contributed by atoms with van der Waals surface area (Å²) in [5, 5.41) is 0.634. The van der Waals surface area contributed by atoms with Crippen LogP contribution in [0.3, 0.4) is 0 Å². The molecule has 0 spiro atoms. The molecule has 0 saturated carbocycles. The Labute approximate surface area is 141 Å². The summed E-state index contributed by atoms with van der Waals surface area (Å²) in [5.74, 6) is 2.07. The highest BCUT2D eigenvalue weighted by Gasteiger charge is 2.17. The number of hydrogen-bond acceptors (Lipinski definition) is 5. The molecule has 0 N–H and O–H groups in total. The lowest BCUT2D eigenvalue weighted by molar-refractivity contribution is 0.283. The van der Waals surface area contributed by atoms with E-state index in [1.807, 2.05) is 30.3 Å². The number of aromatic nitrogens is 2. The maximum absolute atomic E-state index is 5.97. The fraction of sp³-hybridized carbons (Fsp3) is 0.294. The van der Waals surface area contributed by atoms with E-state index in [4.69, 9.17) is 16.3 Å². The molecular weight excluding hydrogens is 312 g/mol. The number of nitrogens with zero attached hydrogens (tertiary/aromatic N) is 4. The first-order valence-corrected chi connectivity index (χ1v) is 7.96. The Hall–Kier alpha value is -2.11. The predicted molar refractivity (Wildman–Crippen MR) is 92.4 cm³/mol. The summed E-state index contributed by atoms with van der Waals surface area (Å²) >= 11 is 5.97. The zero-order chi connectivity index (χ0) is 16.1. The highest BCUT2D eigenvalue weighted by Crippen LogP contribution is 2.24. The molecule has 1 saturated heterocycles. The average Bonchev–Trinajstić information content (AvgIpc) is 2.56. The van der Waals surface area contributed by atoms with Crippen LogP contribution in [0.1, 0.15) is 0 Å². The van der Waals surface area contributed by atoms with Crippen molar-refractivity contribution in [3.63, 3.8) is 0 Å². The van der Waals surface area contributed by atoms with E-state index in [0.717, 1.165) is 38.5 Å². The monoisotopic (exact) mass is 330 g/mol. The molecule has 0 aliphatic carbocycles. The van der Waals surface area contributed by atoms with Crippen LogP contribution in [0.15, 0.2) is 49.3 Å². The number of rotatable bonds is 5. The third-order valence-electron chi connectivity index (χ3n) is 3.73. The van der Waals surface area contributed by atoms with Crippen LogP contribution in [-0.2, 0) is 0 Å². The molecule has 5 nitrogen and oxygen atoms in total. The van der Waals surface area contributed by atoms with Gasteiger partial charge in [0.2, 0.25) is 5.88 Å². The fourth-order valence-electron chi connectivity index (χ4n) is 2.55. The molecule has 0 radical (unpaired) electrons. The van der Waals surface area contributed by atoms with E-state index in [1.165, 1.54) is 6.33 Å². The Bertz CT molecular complexity index is 671. The summed E-state index contributed by atoms with van der Waals surface area (Å²) in [6.45, 7) is 8.58. The van der Waals surface area contributed by atoms with Gasteiger partial charge in [-0.05, 0) is 18.2 Å². The van der Waals surface area contributed by atoms with Crippen molar-refractivity contribution >= 4 is 17.4 Å². The average molecular weight is 331 g/mol. The lowest BCUT2D eigenvalue weighted by Gasteiger charge is -2.34. The van der Waals surface area contributed by atoms with Gasteiger partial charge < -0.3 is 9.64 Å². The molecule has 0 unspecified atom stereocenters.